The van der Waals surface area contributed by atoms with E-state index < -0.39 is 24.7 Å². The van der Waals surface area contributed by atoms with Gasteiger partial charge in [-0.05, 0) is 5.56 Å². The predicted molar refractivity (Wildman–Crippen MR) is 62.5 cm³/mol. The summed E-state index contributed by atoms with van der Waals surface area (Å²) in [5.74, 6) is 0. The van der Waals surface area contributed by atoms with E-state index in [2.05, 4.69) is 0 Å². The van der Waals surface area contributed by atoms with Crippen LogP contribution >= 0.6 is 0 Å². The van der Waals surface area contributed by atoms with Crippen molar-refractivity contribution in [1.82, 2.24) is 0 Å². The second kappa shape index (κ2) is 6.24. The van der Waals surface area contributed by atoms with Gasteiger partial charge in [-0.3, -0.25) is 0 Å². The van der Waals surface area contributed by atoms with E-state index in [-0.39, 0.29) is 19.6 Å². The molecule has 100 valence electrons. The summed E-state index contributed by atoms with van der Waals surface area (Å²) in [6, 6.07) is 9.33. The van der Waals surface area contributed by atoms with Crippen LogP contribution in [0.2, 0.25) is 0 Å². The van der Waals surface area contributed by atoms with Gasteiger partial charge in [0.15, 0.2) is 6.29 Å². The molecule has 0 spiro atoms. The lowest BCUT2D eigenvalue weighted by molar-refractivity contribution is -0.256. The lowest BCUT2D eigenvalue weighted by Crippen LogP contribution is -2.48. The Bertz CT molecular complexity index is 347. The van der Waals surface area contributed by atoms with Gasteiger partial charge >= 0.3 is 0 Å². The molecule has 1 aromatic rings. The average molecular weight is 256 g/mol. The Morgan fingerprint density at radius 3 is 2.67 bits per heavy atom. The highest BCUT2D eigenvalue weighted by atomic mass is 19.1. The van der Waals surface area contributed by atoms with Gasteiger partial charge < -0.3 is 19.7 Å². The van der Waals surface area contributed by atoms with Crippen molar-refractivity contribution in [3.8, 4) is 0 Å². The van der Waals surface area contributed by atoms with E-state index in [0.717, 1.165) is 5.56 Å². The fourth-order valence-corrected chi connectivity index (χ4v) is 1.97. The van der Waals surface area contributed by atoms with Crippen LogP contribution in [0, 0.1) is 0 Å². The third-order valence-electron chi connectivity index (χ3n) is 2.95. The molecule has 0 aliphatic carbocycles. The van der Waals surface area contributed by atoms with E-state index in [1.54, 1.807) is 0 Å². The Kier molecular flexibility index (Phi) is 4.66. The van der Waals surface area contributed by atoms with Crippen molar-refractivity contribution < 1.29 is 24.1 Å². The van der Waals surface area contributed by atoms with Gasteiger partial charge in [0, 0.05) is 6.42 Å². The highest BCUT2D eigenvalue weighted by Gasteiger charge is 2.38. The molecule has 1 saturated heterocycles. The van der Waals surface area contributed by atoms with Crippen molar-refractivity contribution in [3.05, 3.63) is 35.9 Å². The molecule has 2 rings (SSSR count). The van der Waals surface area contributed by atoms with E-state index in [4.69, 9.17) is 14.6 Å². The molecule has 4 nitrogen and oxygen atoms in total. The second-order valence-corrected chi connectivity index (χ2v) is 4.34. The van der Waals surface area contributed by atoms with Gasteiger partial charge in [0.25, 0.3) is 0 Å². The number of aliphatic hydroxyl groups excluding tert-OH is 2. The third kappa shape index (κ3) is 3.26. The van der Waals surface area contributed by atoms with Crippen LogP contribution < -0.4 is 0 Å². The van der Waals surface area contributed by atoms with Gasteiger partial charge in [0.05, 0.1) is 19.3 Å². The number of ether oxygens (including phenoxy) is 2. The molecule has 1 fully saturated rings. The number of rotatable bonds is 4. The quantitative estimate of drug-likeness (QED) is 0.844. The molecule has 5 heteroatoms. The first-order valence-electron chi connectivity index (χ1n) is 5.94. The number of aliphatic hydroxyl groups is 2. The van der Waals surface area contributed by atoms with E-state index in [9.17, 15) is 9.50 Å². The topological polar surface area (TPSA) is 58.9 Å². The average Bonchev–Trinajstić information content (AvgIpc) is 2.38. The highest BCUT2D eigenvalue weighted by molar-refractivity contribution is 5.13. The number of halogens is 1. The monoisotopic (exact) mass is 256 g/mol. The smallest absolute Gasteiger partial charge is 0.184 e. The van der Waals surface area contributed by atoms with E-state index >= 15 is 0 Å². The van der Waals surface area contributed by atoms with Crippen LogP contribution in [-0.2, 0) is 16.1 Å². The minimum atomic E-state index is -1.34. The lowest BCUT2D eigenvalue weighted by atomic mass is 10.0. The number of benzene rings is 1. The number of alkyl halides is 1. The first kappa shape index (κ1) is 13.4. The Morgan fingerprint density at radius 1 is 1.33 bits per heavy atom. The molecule has 18 heavy (non-hydrogen) atoms. The second-order valence-electron chi connectivity index (χ2n) is 4.34. The van der Waals surface area contributed by atoms with E-state index in [0.29, 0.717) is 0 Å². The Labute approximate surface area is 105 Å². The van der Waals surface area contributed by atoms with Crippen LogP contribution in [0.5, 0.6) is 0 Å². The summed E-state index contributed by atoms with van der Waals surface area (Å²) < 4.78 is 24.2. The number of hydrogen-bond acceptors (Lipinski definition) is 4. The zero-order chi connectivity index (χ0) is 13.0. The van der Waals surface area contributed by atoms with Crippen LogP contribution in [0.4, 0.5) is 4.39 Å². The summed E-state index contributed by atoms with van der Waals surface area (Å²) in [4.78, 5) is 0. The van der Waals surface area contributed by atoms with E-state index in [1.807, 2.05) is 30.3 Å². The standard InChI is InChI=1S/C13H17FO4/c14-11-6-10(7-15)18-13(16)12(11)17-8-9-4-2-1-3-5-9/h1-5,10-13,15-16H,6-8H2/t10-,11+,12-,13+/m0/s1. The van der Waals surface area contributed by atoms with Crippen LogP contribution in [0.15, 0.2) is 30.3 Å². The molecule has 0 aromatic heterocycles. The molecule has 1 aliphatic rings. The maximum absolute atomic E-state index is 13.8. The summed E-state index contributed by atoms with van der Waals surface area (Å²) in [6.07, 6.45) is -4.31. The largest absolute Gasteiger partial charge is 0.394 e. The van der Waals surface area contributed by atoms with Crippen molar-refractivity contribution >= 4 is 0 Å². The SMILES string of the molecule is OC[C@@H]1C[C@@H](F)[C@H](OCc2ccccc2)[C@H](O)O1. The predicted octanol–water partition coefficient (Wildman–Crippen LogP) is 1.01. The van der Waals surface area contributed by atoms with Gasteiger partial charge in [-0.15, -0.1) is 0 Å². The summed E-state index contributed by atoms with van der Waals surface area (Å²) in [6.45, 7) is -0.0843. The third-order valence-corrected chi connectivity index (χ3v) is 2.95. The Hall–Kier alpha value is -1.01. The summed E-state index contributed by atoms with van der Waals surface area (Å²) in [7, 11) is 0. The minimum absolute atomic E-state index is 0.0347. The molecule has 0 unspecified atom stereocenters. The summed E-state index contributed by atoms with van der Waals surface area (Å²) in [5.41, 5.74) is 0.904. The van der Waals surface area contributed by atoms with Crippen molar-refractivity contribution in [3.63, 3.8) is 0 Å². The fourth-order valence-electron chi connectivity index (χ4n) is 1.97. The van der Waals surface area contributed by atoms with Gasteiger partial charge in [-0.1, -0.05) is 30.3 Å². The molecule has 0 amide bonds. The molecule has 2 N–H and O–H groups in total. The van der Waals surface area contributed by atoms with Crippen molar-refractivity contribution in [2.75, 3.05) is 6.61 Å². The van der Waals surface area contributed by atoms with Gasteiger partial charge in [-0.2, -0.15) is 0 Å². The fraction of sp³-hybridized carbons (Fsp3) is 0.538. The highest BCUT2D eigenvalue weighted by Crippen LogP contribution is 2.24. The molecule has 0 radical (unpaired) electrons. The van der Waals surface area contributed by atoms with Crippen molar-refractivity contribution in [2.45, 2.75) is 37.7 Å². The summed E-state index contributed by atoms with van der Waals surface area (Å²) in [5, 5.41) is 18.5. The Morgan fingerprint density at radius 2 is 2.06 bits per heavy atom. The Balaban J connectivity index is 1.89. The zero-order valence-electron chi connectivity index (χ0n) is 9.91. The molecule has 1 aromatic carbocycles. The first-order valence-corrected chi connectivity index (χ1v) is 5.94. The molecule has 4 atom stereocenters. The molecule has 0 bridgehead atoms. The van der Waals surface area contributed by atoms with Crippen LogP contribution in [0.3, 0.4) is 0 Å². The molecule has 1 aliphatic heterocycles. The van der Waals surface area contributed by atoms with E-state index in [1.165, 1.54) is 0 Å². The van der Waals surface area contributed by atoms with Gasteiger partial charge in [-0.25, -0.2) is 4.39 Å². The lowest BCUT2D eigenvalue weighted by Gasteiger charge is -2.35. The summed E-state index contributed by atoms with van der Waals surface area (Å²) >= 11 is 0. The van der Waals surface area contributed by atoms with Gasteiger partial charge in [0.2, 0.25) is 0 Å². The van der Waals surface area contributed by atoms with Crippen LogP contribution in [0.25, 0.3) is 0 Å². The molecular formula is C13H17FO4. The zero-order valence-corrected chi connectivity index (χ0v) is 9.91. The molecule has 1 heterocycles. The first-order chi connectivity index (χ1) is 8.70. The number of hydrogen-bond donors (Lipinski definition) is 2. The van der Waals surface area contributed by atoms with Crippen LogP contribution in [-0.4, -0.2) is 41.5 Å². The molecular weight excluding hydrogens is 239 g/mol. The van der Waals surface area contributed by atoms with Crippen LogP contribution in [0.1, 0.15) is 12.0 Å². The maximum atomic E-state index is 13.8. The van der Waals surface area contributed by atoms with Crippen molar-refractivity contribution in [1.29, 1.82) is 0 Å². The maximum Gasteiger partial charge on any atom is 0.184 e. The van der Waals surface area contributed by atoms with Gasteiger partial charge in [0.1, 0.15) is 12.3 Å². The normalized spacial score (nSPS) is 32.4. The minimum Gasteiger partial charge on any atom is -0.394 e. The molecule has 0 saturated carbocycles. The van der Waals surface area contributed by atoms with Crippen molar-refractivity contribution in [2.24, 2.45) is 0 Å².